The van der Waals surface area contributed by atoms with E-state index in [-0.39, 0.29) is 0 Å². The molecule has 0 saturated heterocycles. The van der Waals surface area contributed by atoms with Crippen molar-refractivity contribution < 1.29 is 0 Å². The van der Waals surface area contributed by atoms with E-state index in [0.29, 0.717) is 5.95 Å². The van der Waals surface area contributed by atoms with Crippen molar-refractivity contribution in [1.29, 1.82) is 0 Å². The Morgan fingerprint density at radius 1 is 1.29 bits per heavy atom. The van der Waals surface area contributed by atoms with Gasteiger partial charge in [0.15, 0.2) is 0 Å². The minimum atomic E-state index is 0.715. The van der Waals surface area contributed by atoms with Gasteiger partial charge in [-0.3, -0.25) is 0 Å². The lowest BCUT2D eigenvalue weighted by Gasteiger charge is -1.91. The highest BCUT2D eigenvalue weighted by molar-refractivity contribution is 5.75. The Kier molecular flexibility index (Phi) is 1.41. The van der Waals surface area contributed by atoms with E-state index in [4.69, 9.17) is 0 Å². The molecule has 0 spiro atoms. The Morgan fingerprint density at radius 2 is 2.21 bits per heavy atom. The van der Waals surface area contributed by atoms with Crippen LogP contribution < -0.4 is 0 Å². The molecule has 0 saturated carbocycles. The highest BCUT2D eigenvalue weighted by Crippen LogP contribution is 2.11. The van der Waals surface area contributed by atoms with Crippen LogP contribution in [-0.2, 0) is 0 Å². The summed E-state index contributed by atoms with van der Waals surface area (Å²) in [5.74, 6) is 0.715. The second-order valence-electron chi connectivity index (χ2n) is 2.97. The summed E-state index contributed by atoms with van der Waals surface area (Å²) >= 11 is 0. The molecule has 4 nitrogen and oxygen atoms in total. The monoisotopic (exact) mass is 183 g/mol. The molecule has 0 unspecified atom stereocenters. The Labute approximate surface area is 80.2 Å². The smallest absolute Gasteiger partial charge is 0.229 e. The number of nitrogens with zero attached hydrogens (tertiary/aromatic N) is 3. The molecule has 1 aromatic carbocycles. The predicted molar refractivity (Wildman–Crippen MR) is 52.1 cm³/mol. The van der Waals surface area contributed by atoms with Gasteiger partial charge in [-0.2, -0.15) is 5.10 Å². The molecule has 2 heterocycles. The molecule has 0 atom stereocenters. The zero-order valence-electron chi connectivity index (χ0n) is 7.31. The summed E-state index contributed by atoms with van der Waals surface area (Å²) in [7, 11) is 0. The summed E-state index contributed by atoms with van der Waals surface area (Å²) in [6.45, 7) is 0. The number of aromatic amines is 1. The fraction of sp³-hybridized carbons (Fsp3) is 0. The van der Waals surface area contributed by atoms with Crippen molar-refractivity contribution in [3.05, 3.63) is 42.7 Å². The minimum absolute atomic E-state index is 0.715. The van der Waals surface area contributed by atoms with Crippen LogP contribution in [0, 0.1) is 6.20 Å². The Bertz CT molecular complexity index is 517. The van der Waals surface area contributed by atoms with Crippen LogP contribution in [0.3, 0.4) is 0 Å². The summed E-state index contributed by atoms with van der Waals surface area (Å²) in [6.07, 6.45) is 4.53. The number of aromatic nitrogens is 4. The van der Waals surface area contributed by atoms with Crippen LogP contribution >= 0.6 is 0 Å². The number of rotatable bonds is 1. The molecule has 3 rings (SSSR count). The Balaban J connectivity index is 2.24. The first-order valence-corrected chi connectivity index (χ1v) is 4.30. The fourth-order valence-corrected chi connectivity index (χ4v) is 1.40. The van der Waals surface area contributed by atoms with Crippen LogP contribution in [0.1, 0.15) is 0 Å². The second-order valence-corrected chi connectivity index (χ2v) is 2.97. The molecule has 14 heavy (non-hydrogen) atoms. The van der Waals surface area contributed by atoms with Gasteiger partial charge in [0.05, 0.1) is 11.0 Å². The molecule has 0 aliphatic rings. The molecule has 2 aromatic heterocycles. The van der Waals surface area contributed by atoms with Gasteiger partial charge >= 0.3 is 0 Å². The molecule has 0 aliphatic heterocycles. The molecular formula is C10H7N4. The lowest BCUT2D eigenvalue weighted by molar-refractivity contribution is 0.826. The van der Waals surface area contributed by atoms with Gasteiger partial charge in [-0.1, -0.05) is 12.1 Å². The molecule has 67 valence electrons. The first-order chi connectivity index (χ1) is 6.93. The number of hydrogen-bond donors (Lipinski definition) is 1. The van der Waals surface area contributed by atoms with Crippen LogP contribution in [0.25, 0.3) is 17.0 Å². The van der Waals surface area contributed by atoms with Gasteiger partial charge < -0.3 is 4.98 Å². The van der Waals surface area contributed by atoms with Gasteiger partial charge in [-0.05, 0) is 18.2 Å². The maximum absolute atomic E-state index is 4.38. The molecule has 0 aliphatic carbocycles. The molecule has 0 fully saturated rings. The number of fused-ring (bicyclic) bond motifs is 1. The molecule has 3 aromatic rings. The number of imidazole rings is 1. The van der Waals surface area contributed by atoms with Gasteiger partial charge in [0.1, 0.15) is 6.20 Å². The fourth-order valence-electron chi connectivity index (χ4n) is 1.40. The summed E-state index contributed by atoms with van der Waals surface area (Å²) in [4.78, 5) is 7.55. The molecule has 4 heteroatoms. The number of H-pyrrole nitrogens is 1. The zero-order valence-corrected chi connectivity index (χ0v) is 7.31. The second kappa shape index (κ2) is 2.70. The van der Waals surface area contributed by atoms with Gasteiger partial charge in [-0.15, -0.1) is 0 Å². The number of benzene rings is 1. The van der Waals surface area contributed by atoms with Gasteiger partial charge in [-0.25, -0.2) is 9.67 Å². The number of nitrogens with one attached hydrogen (secondary N) is 1. The van der Waals surface area contributed by atoms with Crippen molar-refractivity contribution in [3.8, 4) is 5.95 Å². The molecule has 0 amide bonds. The van der Waals surface area contributed by atoms with Crippen LogP contribution in [0.4, 0.5) is 0 Å². The normalized spacial score (nSPS) is 10.9. The summed E-state index contributed by atoms with van der Waals surface area (Å²) in [6, 6.07) is 9.62. The van der Waals surface area contributed by atoms with E-state index in [1.807, 2.05) is 24.3 Å². The van der Waals surface area contributed by atoms with Crippen LogP contribution in [0.5, 0.6) is 0 Å². The van der Waals surface area contributed by atoms with Crippen molar-refractivity contribution in [2.24, 2.45) is 0 Å². The summed E-state index contributed by atoms with van der Waals surface area (Å²) < 4.78 is 1.65. The first kappa shape index (κ1) is 7.32. The van der Waals surface area contributed by atoms with Gasteiger partial charge in [0, 0.05) is 6.20 Å². The predicted octanol–water partition coefficient (Wildman–Crippen LogP) is 1.55. The average molecular weight is 183 g/mol. The molecule has 0 bridgehead atoms. The van der Waals surface area contributed by atoms with E-state index in [1.54, 1.807) is 16.9 Å². The third-order valence-corrected chi connectivity index (χ3v) is 2.05. The quantitative estimate of drug-likeness (QED) is 0.622. The number of para-hydroxylation sites is 2. The van der Waals surface area contributed by atoms with Crippen molar-refractivity contribution >= 4 is 11.0 Å². The summed E-state index contributed by atoms with van der Waals surface area (Å²) in [5.41, 5.74) is 1.95. The average Bonchev–Trinajstić information content (AvgIpc) is 2.86. The minimum Gasteiger partial charge on any atom is -0.322 e. The topological polar surface area (TPSA) is 46.5 Å². The zero-order chi connectivity index (χ0) is 9.38. The largest absolute Gasteiger partial charge is 0.322 e. The van der Waals surface area contributed by atoms with E-state index >= 15 is 0 Å². The van der Waals surface area contributed by atoms with E-state index in [9.17, 15) is 0 Å². The van der Waals surface area contributed by atoms with Crippen molar-refractivity contribution in [2.75, 3.05) is 0 Å². The standard InChI is InChI=1S/C10H7N4/c1-2-5-9-8(4-1)12-10(13-9)14-7-3-6-11-14/h1-5,7H,(H,12,13). The van der Waals surface area contributed by atoms with Gasteiger partial charge in [0.2, 0.25) is 5.95 Å². The lowest BCUT2D eigenvalue weighted by Crippen LogP contribution is -1.95. The van der Waals surface area contributed by atoms with E-state index in [1.165, 1.54) is 0 Å². The van der Waals surface area contributed by atoms with Crippen LogP contribution in [-0.4, -0.2) is 19.7 Å². The summed E-state index contributed by atoms with van der Waals surface area (Å²) in [5, 5.41) is 3.98. The molecular weight excluding hydrogens is 176 g/mol. The van der Waals surface area contributed by atoms with E-state index < -0.39 is 0 Å². The Hall–Kier alpha value is -2.10. The highest BCUT2D eigenvalue weighted by atomic mass is 15.3. The van der Waals surface area contributed by atoms with Crippen molar-refractivity contribution in [2.45, 2.75) is 0 Å². The number of hydrogen-bond acceptors (Lipinski definition) is 2. The molecule has 1 N–H and O–H groups in total. The maximum Gasteiger partial charge on any atom is 0.229 e. The van der Waals surface area contributed by atoms with E-state index in [2.05, 4.69) is 21.3 Å². The van der Waals surface area contributed by atoms with Crippen LogP contribution in [0.2, 0.25) is 0 Å². The SMILES string of the molecule is [c]1ccn(-c2nc3ccccc3[nH]2)n1. The lowest BCUT2D eigenvalue weighted by atomic mass is 10.3. The van der Waals surface area contributed by atoms with Crippen molar-refractivity contribution in [1.82, 2.24) is 19.7 Å². The van der Waals surface area contributed by atoms with E-state index in [0.717, 1.165) is 11.0 Å². The maximum atomic E-state index is 4.38. The molecule has 1 radical (unpaired) electrons. The highest BCUT2D eigenvalue weighted by Gasteiger charge is 2.02. The Morgan fingerprint density at radius 3 is 3.00 bits per heavy atom. The van der Waals surface area contributed by atoms with Crippen LogP contribution in [0.15, 0.2) is 36.5 Å². The third-order valence-electron chi connectivity index (χ3n) is 2.05. The van der Waals surface area contributed by atoms with Crippen molar-refractivity contribution in [3.63, 3.8) is 0 Å². The first-order valence-electron chi connectivity index (χ1n) is 4.30. The third kappa shape index (κ3) is 1.01. The van der Waals surface area contributed by atoms with Gasteiger partial charge in [0.25, 0.3) is 0 Å².